The molecule has 3 N–H and O–H groups in total. The number of piperidine rings is 1. The Hall–Kier alpha value is -8.17. The highest BCUT2D eigenvalue weighted by Gasteiger charge is 2.31. The number of fused-ring (bicyclic) bond motifs is 1. The summed E-state index contributed by atoms with van der Waals surface area (Å²) in [6.07, 6.45) is 8.28. The molecule has 532 valence electrons. The van der Waals surface area contributed by atoms with Crippen molar-refractivity contribution in [1.29, 1.82) is 5.26 Å². The lowest BCUT2D eigenvalue weighted by atomic mass is 9.93. The SMILES string of the molecule is COc1cnc(-n2cnc(C(=O)NCCCN(CCO)CCCN3CCN(CCOCCOCCOCCOCc4cn(CCOCCOCCOCCOCCC(=O)Oc5c(F)cc(F)cc5F)nn4)CC3)n2)c2[nH]cc(C(=O)C(=O)N3CCC(=C(C#N)c4ccccc4)CC3)c12. The first-order valence-electron chi connectivity index (χ1n) is 32.8. The van der Waals surface area contributed by atoms with E-state index in [1.165, 1.54) is 35.4 Å². The van der Waals surface area contributed by atoms with Gasteiger partial charge in [-0.3, -0.25) is 24.1 Å². The number of carbonyl (C=O) groups excluding carboxylic acids is 4. The minimum atomic E-state index is -1.31. The Morgan fingerprint density at radius 2 is 1.33 bits per heavy atom. The van der Waals surface area contributed by atoms with E-state index in [9.17, 15) is 42.7 Å². The third kappa shape index (κ3) is 24.4. The monoisotopic (exact) mass is 1370 g/mol. The van der Waals surface area contributed by atoms with Crippen molar-refractivity contribution in [3.63, 3.8) is 0 Å². The summed E-state index contributed by atoms with van der Waals surface area (Å²) in [6.45, 7) is 14.9. The number of allylic oxidation sites excluding steroid dienone is 1. The number of Topliss-reactive ketones (excluding diaryl/α,β-unsaturated/α-hetero) is 1. The number of amides is 2. The van der Waals surface area contributed by atoms with E-state index < -0.39 is 46.8 Å². The van der Waals surface area contributed by atoms with Crippen LogP contribution in [0.4, 0.5) is 13.2 Å². The number of esters is 1. The van der Waals surface area contributed by atoms with E-state index in [4.69, 9.17) is 42.6 Å². The van der Waals surface area contributed by atoms with E-state index in [-0.39, 0.29) is 68.9 Å². The van der Waals surface area contributed by atoms with E-state index >= 15 is 0 Å². The molecule has 0 unspecified atom stereocenters. The van der Waals surface area contributed by atoms with Gasteiger partial charge in [0.1, 0.15) is 23.6 Å². The second-order valence-corrected chi connectivity index (χ2v) is 22.6. The van der Waals surface area contributed by atoms with Gasteiger partial charge in [-0.05, 0) is 56.5 Å². The molecule has 4 aromatic heterocycles. The number of ketones is 1. The highest BCUT2D eigenvalue weighted by molar-refractivity contribution is 6.45. The summed E-state index contributed by atoms with van der Waals surface area (Å²) >= 11 is 0. The summed E-state index contributed by atoms with van der Waals surface area (Å²) < 4.78 is 98.0. The number of aliphatic hydroxyl groups is 1. The fourth-order valence-corrected chi connectivity index (χ4v) is 10.7. The Morgan fingerprint density at radius 3 is 1.96 bits per heavy atom. The number of likely N-dealkylation sites (tertiary alicyclic amines) is 1. The van der Waals surface area contributed by atoms with Crippen molar-refractivity contribution in [2.75, 3.05) is 191 Å². The molecule has 0 atom stereocenters. The van der Waals surface area contributed by atoms with Crippen molar-refractivity contribution >= 4 is 40.0 Å². The van der Waals surface area contributed by atoms with Crippen LogP contribution >= 0.6 is 0 Å². The van der Waals surface area contributed by atoms with Crippen LogP contribution in [0.2, 0.25) is 0 Å². The number of nitriles is 1. The number of rotatable bonds is 46. The van der Waals surface area contributed by atoms with Crippen LogP contribution in [0.5, 0.6) is 11.5 Å². The first kappa shape index (κ1) is 75.6. The molecule has 8 rings (SSSR count). The molecule has 2 aliphatic rings. The van der Waals surface area contributed by atoms with Gasteiger partial charge in [0.05, 0.1) is 173 Å². The number of hydrogen-bond donors (Lipinski definition) is 3. The lowest BCUT2D eigenvalue weighted by molar-refractivity contribution is -0.136. The number of piperazine rings is 1. The first-order valence-corrected chi connectivity index (χ1v) is 32.8. The molecule has 32 heteroatoms. The maximum Gasteiger partial charge on any atom is 0.313 e. The zero-order valence-corrected chi connectivity index (χ0v) is 55.3. The number of hydrogen-bond acceptors (Lipinski definition) is 24. The molecule has 29 nitrogen and oxygen atoms in total. The molecule has 98 heavy (non-hydrogen) atoms. The number of ether oxygens (including phenoxy) is 10. The largest absolute Gasteiger partial charge is 0.494 e. The predicted molar refractivity (Wildman–Crippen MR) is 347 cm³/mol. The van der Waals surface area contributed by atoms with Gasteiger partial charge in [-0.1, -0.05) is 35.5 Å². The number of pyridine rings is 1. The standard InChI is InChI=1S/C66H87F3N14O15/c1-89-57-45-73-64(60-59(57)54(44-72-60)61(86)66(88)81-16-9-50(10-17-81)53(43-70)49-7-3-2-4-8-49)83-48-74-63(76-83)65(87)71-12-5-13-78(22-25-84)14-6-15-79-18-20-80(21-19-79)23-27-91-30-33-94-37-38-96-39-40-97-47-52-46-82(77-75-52)24-28-92-31-34-95-36-35-93-32-29-90-26-11-58(85)98-62-55(68)41-51(67)42-56(62)69/h2-4,7-8,41-42,44-46,48,72,84H,5-6,9-40,47H2,1H3,(H,71,87). The highest BCUT2D eigenvalue weighted by atomic mass is 19.1. The third-order valence-electron chi connectivity index (χ3n) is 15.9. The van der Waals surface area contributed by atoms with Gasteiger partial charge in [0.25, 0.3) is 17.6 Å². The van der Waals surface area contributed by atoms with Crippen LogP contribution in [0.3, 0.4) is 0 Å². The number of nitrogens with zero attached hydrogens (tertiary/aromatic N) is 12. The fraction of sp³-hybridized carbons (Fsp3) is 0.545. The second kappa shape index (κ2) is 41.9. The molecule has 0 spiro atoms. The number of H-pyrrole nitrogens is 1. The maximum absolute atomic E-state index is 13.8. The van der Waals surface area contributed by atoms with Crippen LogP contribution in [0, 0.1) is 28.8 Å². The number of aliphatic hydroxyl groups excluding tert-OH is 1. The Labute approximate surface area is 565 Å². The number of carbonyl (C=O) groups is 4. The number of methoxy groups -OCH3 is 1. The summed E-state index contributed by atoms with van der Waals surface area (Å²) in [7, 11) is 1.44. The maximum atomic E-state index is 13.8. The van der Waals surface area contributed by atoms with E-state index in [0.717, 1.165) is 63.4 Å². The summed E-state index contributed by atoms with van der Waals surface area (Å²) in [5, 5.41) is 35.6. The lowest BCUT2D eigenvalue weighted by Gasteiger charge is -2.35. The quantitative estimate of drug-likeness (QED) is 0.0122. The summed E-state index contributed by atoms with van der Waals surface area (Å²) in [4.78, 5) is 72.8. The summed E-state index contributed by atoms with van der Waals surface area (Å²) in [5.74, 6) is -7.06. The van der Waals surface area contributed by atoms with Crippen LogP contribution in [0.1, 0.15) is 64.3 Å². The van der Waals surface area contributed by atoms with Crippen LogP contribution in [-0.2, 0) is 60.6 Å². The Morgan fingerprint density at radius 1 is 0.724 bits per heavy atom. The number of nitrogens with one attached hydrogen (secondary N) is 2. The zero-order valence-electron chi connectivity index (χ0n) is 55.3. The van der Waals surface area contributed by atoms with Crippen LogP contribution < -0.4 is 14.8 Å². The van der Waals surface area contributed by atoms with Gasteiger partial charge >= 0.3 is 5.97 Å². The van der Waals surface area contributed by atoms with Gasteiger partial charge < -0.3 is 77.5 Å². The van der Waals surface area contributed by atoms with Crippen molar-refractivity contribution in [3.8, 4) is 23.4 Å². The minimum absolute atomic E-state index is 0.0290. The van der Waals surface area contributed by atoms with Gasteiger partial charge in [0.2, 0.25) is 11.6 Å². The first-order chi connectivity index (χ1) is 47.9. The van der Waals surface area contributed by atoms with Gasteiger partial charge in [-0.15, -0.1) is 10.2 Å². The molecule has 6 heterocycles. The van der Waals surface area contributed by atoms with Gasteiger partial charge in [-0.25, -0.2) is 27.8 Å². The molecular weight excluding hydrogens is 1290 g/mol. The minimum Gasteiger partial charge on any atom is -0.494 e. The van der Waals surface area contributed by atoms with Gasteiger partial charge in [-0.2, -0.15) is 9.94 Å². The van der Waals surface area contributed by atoms with Gasteiger partial charge in [0.15, 0.2) is 17.5 Å². The number of benzene rings is 2. The molecule has 0 radical (unpaired) electrons. The van der Waals surface area contributed by atoms with E-state index in [2.05, 4.69) is 61.2 Å². The Kier molecular flexibility index (Phi) is 32.4. The topological polar surface area (TPSA) is 320 Å². The van der Waals surface area contributed by atoms with E-state index in [1.807, 2.05) is 30.3 Å². The lowest BCUT2D eigenvalue weighted by Crippen LogP contribution is -2.47. The van der Waals surface area contributed by atoms with E-state index in [1.54, 1.807) is 10.9 Å². The predicted octanol–water partition coefficient (Wildman–Crippen LogP) is 3.69. The molecule has 2 fully saturated rings. The van der Waals surface area contributed by atoms with Crippen LogP contribution in [0.15, 0.2) is 73.0 Å². The van der Waals surface area contributed by atoms with Crippen LogP contribution in [-0.4, -0.2) is 279 Å². The second-order valence-electron chi connectivity index (χ2n) is 22.6. The number of aromatic amines is 1. The van der Waals surface area contributed by atoms with Crippen LogP contribution in [0.25, 0.3) is 22.3 Å². The fourth-order valence-electron chi connectivity index (χ4n) is 10.7. The molecule has 6 aromatic rings. The molecule has 2 amide bonds. The summed E-state index contributed by atoms with van der Waals surface area (Å²) in [5.41, 5.74) is 3.51. The Bertz CT molecular complexity index is 3480. The smallest absolute Gasteiger partial charge is 0.313 e. The van der Waals surface area contributed by atoms with Crippen molar-refractivity contribution < 1.29 is 84.8 Å². The third-order valence-corrected chi connectivity index (χ3v) is 15.9. The zero-order chi connectivity index (χ0) is 69.1. The Balaban J connectivity index is 0.578. The molecule has 2 aromatic carbocycles. The molecule has 0 saturated carbocycles. The average Bonchev–Trinajstić information content (AvgIpc) is 1.59. The number of aromatic nitrogens is 8. The van der Waals surface area contributed by atoms with Crippen molar-refractivity contribution in [1.82, 2.24) is 64.6 Å². The molecule has 2 aliphatic heterocycles. The van der Waals surface area contributed by atoms with E-state index in [0.29, 0.717) is 166 Å². The summed E-state index contributed by atoms with van der Waals surface area (Å²) in [6, 6.07) is 12.6. The average molecular weight is 1370 g/mol. The molecule has 2 saturated heterocycles. The normalized spacial score (nSPS) is 13.8. The van der Waals surface area contributed by atoms with Crippen molar-refractivity contribution in [2.24, 2.45) is 0 Å². The molecule has 0 bridgehead atoms. The molecular formula is C66H87F3N14O15. The van der Waals surface area contributed by atoms with Crippen molar-refractivity contribution in [2.45, 2.75) is 45.3 Å². The number of halogens is 3. The van der Waals surface area contributed by atoms with Crippen molar-refractivity contribution in [3.05, 3.63) is 113 Å². The highest BCUT2D eigenvalue weighted by Crippen LogP contribution is 2.33. The van der Waals surface area contributed by atoms with Gasteiger partial charge in [0, 0.05) is 77.2 Å². The molecule has 0 aliphatic carbocycles.